The SMILES string of the molecule is NCc1cc(Br)ccc1-n1ccc(C2CC2)n1. The van der Waals surface area contributed by atoms with E-state index in [-0.39, 0.29) is 0 Å². The van der Waals surface area contributed by atoms with Crippen molar-refractivity contribution in [1.29, 1.82) is 0 Å². The Morgan fingerprint density at radius 1 is 1.35 bits per heavy atom. The molecule has 1 aromatic heterocycles. The largest absolute Gasteiger partial charge is 0.326 e. The molecule has 88 valence electrons. The summed E-state index contributed by atoms with van der Waals surface area (Å²) in [4.78, 5) is 0. The molecule has 1 aliphatic rings. The van der Waals surface area contributed by atoms with Gasteiger partial charge in [0, 0.05) is 23.1 Å². The molecule has 0 spiro atoms. The van der Waals surface area contributed by atoms with Crippen molar-refractivity contribution in [2.45, 2.75) is 25.3 Å². The molecule has 0 atom stereocenters. The summed E-state index contributed by atoms with van der Waals surface area (Å²) in [5, 5.41) is 4.63. The first-order valence-electron chi connectivity index (χ1n) is 5.82. The van der Waals surface area contributed by atoms with Crippen LogP contribution >= 0.6 is 15.9 Å². The van der Waals surface area contributed by atoms with Crippen molar-refractivity contribution < 1.29 is 0 Å². The Morgan fingerprint density at radius 2 is 2.18 bits per heavy atom. The molecule has 0 aliphatic heterocycles. The van der Waals surface area contributed by atoms with Crippen molar-refractivity contribution in [3.63, 3.8) is 0 Å². The summed E-state index contributed by atoms with van der Waals surface area (Å²) in [6, 6.07) is 8.23. The maximum Gasteiger partial charge on any atom is 0.0691 e. The Kier molecular flexibility index (Phi) is 2.76. The van der Waals surface area contributed by atoms with Crippen molar-refractivity contribution in [3.8, 4) is 5.69 Å². The monoisotopic (exact) mass is 291 g/mol. The van der Waals surface area contributed by atoms with Crippen LogP contribution in [0.1, 0.15) is 30.0 Å². The summed E-state index contributed by atoms with van der Waals surface area (Å²) in [5.41, 5.74) is 9.15. The van der Waals surface area contributed by atoms with Crippen molar-refractivity contribution in [1.82, 2.24) is 9.78 Å². The number of halogens is 1. The van der Waals surface area contributed by atoms with Crippen molar-refractivity contribution in [2.75, 3.05) is 0 Å². The number of nitrogens with two attached hydrogens (primary N) is 1. The highest BCUT2D eigenvalue weighted by Crippen LogP contribution is 2.39. The number of hydrogen-bond acceptors (Lipinski definition) is 2. The van der Waals surface area contributed by atoms with Crippen LogP contribution in [0.3, 0.4) is 0 Å². The smallest absolute Gasteiger partial charge is 0.0691 e. The zero-order valence-electron chi connectivity index (χ0n) is 9.44. The van der Waals surface area contributed by atoms with E-state index in [0.29, 0.717) is 12.5 Å². The number of rotatable bonds is 3. The fourth-order valence-electron chi connectivity index (χ4n) is 2.01. The van der Waals surface area contributed by atoms with E-state index < -0.39 is 0 Å². The van der Waals surface area contributed by atoms with Crippen molar-refractivity contribution in [3.05, 3.63) is 46.2 Å². The average molecular weight is 292 g/mol. The first kappa shape index (κ1) is 11.0. The zero-order chi connectivity index (χ0) is 11.8. The molecule has 0 saturated heterocycles. The normalized spacial score (nSPS) is 15.2. The van der Waals surface area contributed by atoms with Gasteiger partial charge in [-0.2, -0.15) is 5.10 Å². The van der Waals surface area contributed by atoms with E-state index in [1.807, 2.05) is 23.0 Å². The highest BCUT2D eigenvalue weighted by molar-refractivity contribution is 9.10. The molecule has 4 heteroatoms. The fourth-order valence-corrected chi connectivity index (χ4v) is 2.42. The highest BCUT2D eigenvalue weighted by atomic mass is 79.9. The molecule has 0 radical (unpaired) electrons. The number of hydrogen-bond donors (Lipinski definition) is 1. The Morgan fingerprint density at radius 3 is 2.88 bits per heavy atom. The number of benzene rings is 1. The summed E-state index contributed by atoms with van der Waals surface area (Å²) in [6.07, 6.45) is 4.58. The minimum Gasteiger partial charge on any atom is -0.326 e. The van der Waals surface area contributed by atoms with Crippen molar-refractivity contribution in [2.24, 2.45) is 5.73 Å². The van der Waals surface area contributed by atoms with E-state index in [4.69, 9.17) is 5.73 Å². The number of aromatic nitrogens is 2. The predicted octanol–water partition coefficient (Wildman–Crippen LogP) is 2.97. The van der Waals surface area contributed by atoms with Crippen LogP contribution in [0.2, 0.25) is 0 Å². The first-order valence-corrected chi connectivity index (χ1v) is 6.61. The van der Waals surface area contributed by atoms with E-state index in [1.54, 1.807) is 0 Å². The van der Waals surface area contributed by atoms with Gasteiger partial charge in [-0.25, -0.2) is 4.68 Å². The van der Waals surface area contributed by atoms with E-state index in [2.05, 4.69) is 33.2 Å². The van der Waals surface area contributed by atoms with E-state index in [1.165, 1.54) is 18.5 Å². The van der Waals surface area contributed by atoms with Gasteiger partial charge in [0.2, 0.25) is 0 Å². The van der Waals surface area contributed by atoms with Gasteiger partial charge in [0.05, 0.1) is 11.4 Å². The first-order chi connectivity index (χ1) is 8.28. The molecule has 0 unspecified atom stereocenters. The average Bonchev–Trinajstić information content (AvgIpc) is 3.08. The lowest BCUT2D eigenvalue weighted by atomic mass is 10.2. The van der Waals surface area contributed by atoms with Crippen LogP contribution in [-0.4, -0.2) is 9.78 Å². The van der Waals surface area contributed by atoms with Gasteiger partial charge in [0.25, 0.3) is 0 Å². The van der Waals surface area contributed by atoms with Gasteiger partial charge in [0.1, 0.15) is 0 Å². The molecular formula is C13H14BrN3. The fraction of sp³-hybridized carbons (Fsp3) is 0.308. The number of nitrogens with zero attached hydrogens (tertiary/aromatic N) is 2. The van der Waals surface area contributed by atoms with E-state index >= 15 is 0 Å². The van der Waals surface area contributed by atoms with Gasteiger partial charge in [0.15, 0.2) is 0 Å². The standard InChI is InChI=1S/C13H14BrN3/c14-11-3-4-13(10(7-11)8-15)17-6-5-12(16-17)9-1-2-9/h3-7,9H,1-2,8,15H2. The molecule has 1 fully saturated rings. The van der Waals surface area contributed by atoms with Crippen LogP contribution in [0.25, 0.3) is 5.69 Å². The topological polar surface area (TPSA) is 43.8 Å². The van der Waals surface area contributed by atoms with Crippen LogP contribution in [-0.2, 0) is 6.54 Å². The summed E-state index contributed by atoms with van der Waals surface area (Å²) < 4.78 is 2.98. The Labute approximate surface area is 109 Å². The highest BCUT2D eigenvalue weighted by Gasteiger charge is 2.26. The van der Waals surface area contributed by atoms with Crippen molar-refractivity contribution >= 4 is 15.9 Å². The Balaban J connectivity index is 2.01. The minimum atomic E-state index is 0.521. The lowest BCUT2D eigenvalue weighted by Crippen LogP contribution is -2.05. The molecular weight excluding hydrogens is 278 g/mol. The Bertz CT molecular complexity index is 543. The van der Waals surface area contributed by atoms with Crippen LogP contribution in [0.5, 0.6) is 0 Å². The third kappa shape index (κ3) is 2.15. The molecule has 1 aromatic carbocycles. The molecule has 3 nitrogen and oxygen atoms in total. The molecule has 0 bridgehead atoms. The summed E-state index contributed by atoms with van der Waals surface area (Å²) in [7, 11) is 0. The van der Waals surface area contributed by atoms with Gasteiger partial charge in [-0.1, -0.05) is 15.9 Å². The maximum atomic E-state index is 5.77. The quantitative estimate of drug-likeness (QED) is 0.945. The summed E-state index contributed by atoms with van der Waals surface area (Å²) in [5.74, 6) is 0.688. The maximum absolute atomic E-state index is 5.77. The molecule has 0 amide bonds. The van der Waals surface area contributed by atoms with Crippen LogP contribution in [0, 0.1) is 0 Å². The van der Waals surface area contributed by atoms with E-state index in [0.717, 1.165) is 15.7 Å². The molecule has 17 heavy (non-hydrogen) atoms. The molecule has 3 rings (SSSR count). The molecule has 1 saturated carbocycles. The second kappa shape index (κ2) is 4.27. The molecule has 2 aromatic rings. The minimum absolute atomic E-state index is 0.521. The van der Waals surface area contributed by atoms with Gasteiger partial charge in [-0.05, 0) is 42.7 Å². The van der Waals surface area contributed by atoms with Crippen LogP contribution in [0.15, 0.2) is 34.9 Å². The second-order valence-electron chi connectivity index (χ2n) is 4.44. The Hall–Kier alpha value is -1.13. The molecule has 1 heterocycles. The zero-order valence-corrected chi connectivity index (χ0v) is 11.0. The lowest BCUT2D eigenvalue weighted by Gasteiger charge is -2.08. The van der Waals surface area contributed by atoms with Gasteiger partial charge in [-0.3, -0.25) is 0 Å². The summed E-state index contributed by atoms with van der Waals surface area (Å²) >= 11 is 3.46. The van der Waals surface area contributed by atoms with Gasteiger partial charge < -0.3 is 5.73 Å². The van der Waals surface area contributed by atoms with Gasteiger partial charge >= 0.3 is 0 Å². The molecule has 2 N–H and O–H groups in total. The predicted molar refractivity (Wildman–Crippen MR) is 71.1 cm³/mol. The summed E-state index contributed by atoms with van der Waals surface area (Å²) in [6.45, 7) is 0.521. The second-order valence-corrected chi connectivity index (χ2v) is 5.35. The lowest BCUT2D eigenvalue weighted by molar-refractivity contribution is 0.823. The van der Waals surface area contributed by atoms with Crippen LogP contribution < -0.4 is 5.73 Å². The third-order valence-corrected chi connectivity index (χ3v) is 3.61. The van der Waals surface area contributed by atoms with Gasteiger partial charge in [-0.15, -0.1) is 0 Å². The molecule has 1 aliphatic carbocycles. The van der Waals surface area contributed by atoms with Crippen LogP contribution in [0.4, 0.5) is 0 Å². The van der Waals surface area contributed by atoms with E-state index in [9.17, 15) is 0 Å². The third-order valence-electron chi connectivity index (χ3n) is 3.11.